The predicted molar refractivity (Wildman–Crippen MR) is 59.1 cm³/mol. The summed E-state index contributed by atoms with van der Waals surface area (Å²) in [6.07, 6.45) is 2.44. The van der Waals surface area contributed by atoms with Crippen LogP contribution in [0.5, 0.6) is 5.88 Å². The lowest BCUT2D eigenvalue weighted by Crippen LogP contribution is -2.23. The number of nitrogens with zero attached hydrogens (tertiary/aromatic N) is 2. The van der Waals surface area contributed by atoms with Gasteiger partial charge in [-0.2, -0.15) is 0 Å². The van der Waals surface area contributed by atoms with E-state index in [1.807, 2.05) is 7.05 Å². The third-order valence-corrected chi connectivity index (χ3v) is 3.09. The van der Waals surface area contributed by atoms with Crippen molar-refractivity contribution in [1.29, 1.82) is 0 Å². The van der Waals surface area contributed by atoms with Crippen molar-refractivity contribution < 1.29 is 4.74 Å². The first-order valence-electron chi connectivity index (χ1n) is 4.75. The van der Waals surface area contributed by atoms with Gasteiger partial charge in [0.25, 0.3) is 5.56 Å². The van der Waals surface area contributed by atoms with Crippen LogP contribution in [-0.2, 0) is 0 Å². The van der Waals surface area contributed by atoms with Crippen molar-refractivity contribution in [1.82, 2.24) is 14.9 Å². The van der Waals surface area contributed by atoms with Gasteiger partial charge in [-0.1, -0.05) is 0 Å². The molecule has 1 aromatic rings. The Morgan fingerprint density at radius 1 is 1.73 bits per heavy atom. The fraction of sp³-hybridized carbons (Fsp3) is 0.556. The number of hydrogen-bond donors (Lipinski definition) is 1. The fourth-order valence-corrected chi connectivity index (χ4v) is 1.91. The van der Waals surface area contributed by atoms with Gasteiger partial charge in [0.2, 0.25) is 5.88 Å². The number of likely N-dealkylation sites (N-methyl/N-ethyl adjacent to an activating group) is 1. The lowest BCUT2D eigenvalue weighted by molar-refractivity contribution is 0.198. The molecule has 0 amide bonds. The van der Waals surface area contributed by atoms with Crippen LogP contribution in [0.2, 0.25) is 0 Å². The molecule has 1 N–H and O–H groups in total. The second-order valence-electron chi connectivity index (χ2n) is 3.64. The average molecular weight is 274 g/mol. The first-order valence-corrected chi connectivity index (χ1v) is 5.54. The van der Waals surface area contributed by atoms with E-state index in [1.165, 1.54) is 6.33 Å². The van der Waals surface area contributed by atoms with Crippen molar-refractivity contribution in [2.75, 3.05) is 20.1 Å². The number of aromatic amines is 1. The lowest BCUT2D eigenvalue weighted by Gasteiger charge is -2.13. The first-order chi connectivity index (χ1) is 7.16. The van der Waals surface area contributed by atoms with Gasteiger partial charge in [-0.25, -0.2) is 4.98 Å². The van der Waals surface area contributed by atoms with Gasteiger partial charge in [0.1, 0.15) is 10.6 Å². The molecule has 0 aromatic carbocycles. The van der Waals surface area contributed by atoms with Gasteiger partial charge in [0.05, 0.1) is 6.33 Å². The maximum atomic E-state index is 11.2. The second kappa shape index (κ2) is 4.32. The van der Waals surface area contributed by atoms with E-state index < -0.39 is 0 Å². The highest BCUT2D eigenvalue weighted by Crippen LogP contribution is 2.20. The molecule has 1 fully saturated rings. The standard InChI is InChI=1S/C9H12BrN3O2/c1-13-3-2-6(4-13)15-9-7(10)8(14)11-5-12-9/h5-6H,2-4H2,1H3,(H,11,12,14). The van der Waals surface area contributed by atoms with Crippen LogP contribution < -0.4 is 10.3 Å². The van der Waals surface area contributed by atoms with Crippen molar-refractivity contribution in [2.45, 2.75) is 12.5 Å². The lowest BCUT2D eigenvalue weighted by atomic mass is 10.3. The third-order valence-electron chi connectivity index (χ3n) is 2.39. The maximum absolute atomic E-state index is 11.2. The molecule has 2 rings (SSSR count). The largest absolute Gasteiger partial charge is 0.472 e. The van der Waals surface area contributed by atoms with Crippen molar-refractivity contribution in [3.8, 4) is 5.88 Å². The van der Waals surface area contributed by atoms with Crippen molar-refractivity contribution >= 4 is 15.9 Å². The summed E-state index contributed by atoms with van der Waals surface area (Å²) >= 11 is 3.16. The molecule has 0 spiro atoms. The van der Waals surface area contributed by atoms with Crippen molar-refractivity contribution in [3.63, 3.8) is 0 Å². The maximum Gasteiger partial charge on any atom is 0.268 e. The van der Waals surface area contributed by atoms with E-state index in [0.717, 1.165) is 19.5 Å². The Labute approximate surface area is 95.6 Å². The summed E-state index contributed by atoms with van der Waals surface area (Å²) in [6, 6.07) is 0. The van der Waals surface area contributed by atoms with E-state index >= 15 is 0 Å². The van der Waals surface area contributed by atoms with Crippen molar-refractivity contribution in [2.24, 2.45) is 0 Å². The molecule has 1 aliphatic rings. The molecular weight excluding hydrogens is 262 g/mol. The Balaban J connectivity index is 2.11. The van der Waals surface area contributed by atoms with Gasteiger partial charge < -0.3 is 14.6 Å². The molecule has 0 radical (unpaired) electrons. The zero-order valence-electron chi connectivity index (χ0n) is 8.36. The molecule has 0 saturated carbocycles. The molecule has 0 bridgehead atoms. The molecule has 15 heavy (non-hydrogen) atoms. The first kappa shape index (κ1) is 10.6. The van der Waals surface area contributed by atoms with Gasteiger partial charge >= 0.3 is 0 Å². The third kappa shape index (κ3) is 2.38. The van der Waals surface area contributed by atoms with Crippen LogP contribution in [0.3, 0.4) is 0 Å². The van der Waals surface area contributed by atoms with Crippen LogP contribution >= 0.6 is 15.9 Å². The summed E-state index contributed by atoms with van der Waals surface area (Å²) < 4.78 is 6.00. The topological polar surface area (TPSA) is 58.2 Å². The number of nitrogens with one attached hydrogen (secondary N) is 1. The van der Waals surface area contributed by atoms with Crippen LogP contribution in [0, 0.1) is 0 Å². The summed E-state index contributed by atoms with van der Waals surface area (Å²) in [5, 5.41) is 0. The van der Waals surface area contributed by atoms with Crippen LogP contribution in [0.4, 0.5) is 0 Å². The Morgan fingerprint density at radius 3 is 3.20 bits per heavy atom. The van der Waals surface area contributed by atoms with Gasteiger partial charge in [0, 0.05) is 13.1 Å². The van der Waals surface area contributed by atoms with Crippen LogP contribution in [0.15, 0.2) is 15.6 Å². The minimum atomic E-state index is -0.216. The van der Waals surface area contributed by atoms with Gasteiger partial charge in [0.15, 0.2) is 0 Å². The summed E-state index contributed by atoms with van der Waals surface area (Å²) in [7, 11) is 2.05. The number of aromatic nitrogens is 2. The summed E-state index contributed by atoms with van der Waals surface area (Å²) in [4.78, 5) is 19.9. The predicted octanol–water partition coefficient (Wildman–Crippen LogP) is 0.615. The SMILES string of the molecule is CN1CCC(Oc2nc[nH]c(=O)c2Br)C1. The molecule has 1 saturated heterocycles. The van der Waals surface area contributed by atoms with E-state index in [4.69, 9.17) is 4.74 Å². The highest BCUT2D eigenvalue weighted by atomic mass is 79.9. The molecular formula is C9H12BrN3O2. The van der Waals surface area contributed by atoms with Gasteiger partial charge in [-0.05, 0) is 29.4 Å². The van der Waals surface area contributed by atoms with E-state index in [-0.39, 0.29) is 11.7 Å². The van der Waals surface area contributed by atoms with Gasteiger partial charge in [-0.15, -0.1) is 0 Å². The van der Waals surface area contributed by atoms with E-state index in [9.17, 15) is 4.79 Å². The Hall–Kier alpha value is -0.880. The molecule has 6 heteroatoms. The number of likely N-dealkylation sites (tertiary alicyclic amines) is 1. The highest BCUT2D eigenvalue weighted by molar-refractivity contribution is 9.10. The van der Waals surface area contributed by atoms with Gasteiger partial charge in [-0.3, -0.25) is 4.79 Å². The fourth-order valence-electron chi connectivity index (χ4n) is 1.60. The summed E-state index contributed by atoms with van der Waals surface area (Å²) in [5.74, 6) is 0.374. The zero-order chi connectivity index (χ0) is 10.8. The van der Waals surface area contributed by atoms with Crippen LogP contribution in [0.1, 0.15) is 6.42 Å². The number of H-pyrrole nitrogens is 1. The highest BCUT2D eigenvalue weighted by Gasteiger charge is 2.22. The van der Waals surface area contributed by atoms with E-state index in [2.05, 4.69) is 30.8 Å². The van der Waals surface area contributed by atoms with E-state index in [1.54, 1.807) is 0 Å². The molecule has 1 aliphatic heterocycles. The van der Waals surface area contributed by atoms with Crippen LogP contribution in [-0.4, -0.2) is 41.1 Å². The minimum Gasteiger partial charge on any atom is -0.472 e. The number of rotatable bonds is 2. The molecule has 1 unspecified atom stereocenters. The summed E-state index contributed by atoms with van der Waals surface area (Å²) in [5.41, 5.74) is -0.216. The molecule has 82 valence electrons. The molecule has 1 atom stereocenters. The number of hydrogen-bond acceptors (Lipinski definition) is 4. The van der Waals surface area contributed by atoms with Crippen LogP contribution in [0.25, 0.3) is 0 Å². The number of halogens is 1. The van der Waals surface area contributed by atoms with E-state index in [0.29, 0.717) is 10.4 Å². The number of ether oxygens (including phenoxy) is 1. The quantitative estimate of drug-likeness (QED) is 0.858. The molecule has 2 heterocycles. The molecule has 5 nitrogen and oxygen atoms in total. The molecule has 0 aliphatic carbocycles. The normalized spacial score (nSPS) is 21.9. The zero-order valence-corrected chi connectivity index (χ0v) is 9.95. The van der Waals surface area contributed by atoms with Crippen molar-refractivity contribution in [3.05, 3.63) is 21.2 Å². The smallest absolute Gasteiger partial charge is 0.268 e. The Kier molecular flexibility index (Phi) is 3.06. The Bertz CT molecular complexity index is 407. The molecule has 1 aromatic heterocycles. The summed E-state index contributed by atoms with van der Waals surface area (Å²) in [6.45, 7) is 1.90. The second-order valence-corrected chi connectivity index (χ2v) is 4.43. The minimum absolute atomic E-state index is 0.126. The monoisotopic (exact) mass is 273 g/mol. The average Bonchev–Trinajstić information content (AvgIpc) is 2.59. The Morgan fingerprint density at radius 2 is 2.53 bits per heavy atom.